The van der Waals surface area contributed by atoms with Gasteiger partial charge >= 0.3 is 6.03 Å². The predicted octanol–water partition coefficient (Wildman–Crippen LogP) is 3.55. The van der Waals surface area contributed by atoms with Gasteiger partial charge in [-0.1, -0.05) is 31.6 Å². The molecule has 0 aromatic carbocycles. The zero-order chi connectivity index (χ0) is 19.1. The van der Waals surface area contributed by atoms with Crippen LogP contribution in [0.25, 0.3) is 0 Å². The van der Waals surface area contributed by atoms with Crippen molar-refractivity contribution in [1.29, 1.82) is 0 Å². The zero-order valence-electron chi connectivity index (χ0n) is 16.3. The van der Waals surface area contributed by atoms with Gasteiger partial charge in [0, 0.05) is 38.0 Å². The van der Waals surface area contributed by atoms with E-state index in [1.165, 1.54) is 11.3 Å². The van der Waals surface area contributed by atoms with E-state index in [9.17, 15) is 9.59 Å². The number of carbonyl (C=O) groups is 2. The summed E-state index contributed by atoms with van der Waals surface area (Å²) >= 11 is 1.46. The number of amides is 3. The van der Waals surface area contributed by atoms with Gasteiger partial charge in [-0.2, -0.15) is 0 Å². The van der Waals surface area contributed by atoms with E-state index in [4.69, 9.17) is 0 Å². The van der Waals surface area contributed by atoms with Crippen molar-refractivity contribution in [3.63, 3.8) is 0 Å². The van der Waals surface area contributed by atoms with Crippen molar-refractivity contribution < 1.29 is 9.59 Å². The van der Waals surface area contributed by atoms with Crippen LogP contribution in [0.2, 0.25) is 0 Å². The van der Waals surface area contributed by atoms with Crippen LogP contribution in [0, 0.1) is 5.92 Å². The van der Waals surface area contributed by atoms with Crippen LogP contribution in [0.1, 0.15) is 64.3 Å². The van der Waals surface area contributed by atoms with Crippen LogP contribution in [-0.2, 0) is 4.79 Å². The largest absolute Gasteiger partial charge is 0.325 e. The summed E-state index contributed by atoms with van der Waals surface area (Å²) in [6.45, 7) is 10.9. The lowest BCUT2D eigenvalue weighted by Crippen LogP contribution is -2.47. The molecule has 0 spiro atoms. The maximum Gasteiger partial charge on any atom is 0.319 e. The van der Waals surface area contributed by atoms with E-state index < -0.39 is 0 Å². The average Bonchev–Trinajstić information content (AvgIpc) is 3.11. The smallest absolute Gasteiger partial charge is 0.319 e. The van der Waals surface area contributed by atoms with Gasteiger partial charge in [-0.05, 0) is 33.1 Å². The summed E-state index contributed by atoms with van der Waals surface area (Å²) in [6, 6.07) is 0.0764. The first-order chi connectivity index (χ1) is 12.5. The summed E-state index contributed by atoms with van der Waals surface area (Å²) in [5.74, 6) is 0.291. The summed E-state index contributed by atoms with van der Waals surface area (Å²) in [5, 5.41) is 12.8. The van der Waals surface area contributed by atoms with Crippen LogP contribution in [-0.4, -0.2) is 58.1 Å². The number of urea groups is 1. The molecule has 1 N–H and O–H groups in total. The van der Waals surface area contributed by atoms with Crippen LogP contribution in [0.4, 0.5) is 9.93 Å². The van der Waals surface area contributed by atoms with E-state index in [1.54, 1.807) is 0 Å². The van der Waals surface area contributed by atoms with E-state index in [1.807, 2.05) is 23.6 Å². The Labute approximate surface area is 160 Å². The van der Waals surface area contributed by atoms with Gasteiger partial charge in [0.1, 0.15) is 5.01 Å². The van der Waals surface area contributed by atoms with Crippen molar-refractivity contribution in [1.82, 2.24) is 20.0 Å². The van der Waals surface area contributed by atoms with E-state index in [0.29, 0.717) is 50.1 Å². The maximum atomic E-state index is 12.5. The Hall–Kier alpha value is -1.70. The number of aromatic nitrogens is 2. The molecule has 1 aromatic heterocycles. The number of nitrogens with one attached hydrogen (secondary N) is 1. The minimum absolute atomic E-state index is 0.00853. The minimum Gasteiger partial charge on any atom is -0.325 e. The Kier molecular flexibility index (Phi) is 7.81. The normalized spacial score (nSPS) is 16.4. The second kappa shape index (κ2) is 9.85. The molecule has 7 nitrogen and oxygen atoms in total. The van der Waals surface area contributed by atoms with E-state index in [0.717, 1.165) is 17.8 Å². The topological polar surface area (TPSA) is 78.4 Å². The molecule has 26 heavy (non-hydrogen) atoms. The van der Waals surface area contributed by atoms with Crippen molar-refractivity contribution in [2.75, 3.05) is 31.5 Å². The molecule has 2 rings (SSSR count). The third-order valence-electron chi connectivity index (χ3n) is 4.98. The second-order valence-corrected chi connectivity index (χ2v) is 7.85. The molecule has 1 saturated heterocycles. The maximum absolute atomic E-state index is 12.5. The van der Waals surface area contributed by atoms with Crippen LogP contribution < -0.4 is 5.32 Å². The summed E-state index contributed by atoms with van der Waals surface area (Å²) in [6.07, 6.45) is 3.56. The monoisotopic (exact) mass is 381 g/mol. The Balaban J connectivity index is 1.84. The molecular formula is C18H31N5O2S. The number of piperidine rings is 1. The van der Waals surface area contributed by atoms with Gasteiger partial charge < -0.3 is 15.1 Å². The summed E-state index contributed by atoms with van der Waals surface area (Å²) < 4.78 is 0. The van der Waals surface area contributed by atoms with Gasteiger partial charge in [-0.15, -0.1) is 10.2 Å². The van der Waals surface area contributed by atoms with Gasteiger partial charge in [0.2, 0.25) is 11.0 Å². The highest BCUT2D eigenvalue weighted by Gasteiger charge is 2.29. The van der Waals surface area contributed by atoms with Crippen molar-refractivity contribution in [3.05, 3.63) is 5.01 Å². The molecule has 1 fully saturated rings. The Morgan fingerprint density at radius 1 is 1.23 bits per heavy atom. The highest BCUT2D eigenvalue weighted by atomic mass is 32.1. The van der Waals surface area contributed by atoms with Crippen LogP contribution in [0.15, 0.2) is 0 Å². The molecule has 0 bridgehead atoms. The molecule has 0 aliphatic carbocycles. The molecule has 146 valence electrons. The van der Waals surface area contributed by atoms with Gasteiger partial charge in [-0.25, -0.2) is 4.79 Å². The van der Waals surface area contributed by atoms with Crippen LogP contribution >= 0.6 is 11.3 Å². The van der Waals surface area contributed by atoms with Crippen LogP contribution in [0.3, 0.4) is 0 Å². The summed E-state index contributed by atoms with van der Waals surface area (Å²) in [5.41, 5.74) is 0. The molecule has 1 aliphatic rings. The first-order valence-electron chi connectivity index (χ1n) is 9.68. The number of hydrogen-bond donors (Lipinski definition) is 1. The fraction of sp³-hybridized carbons (Fsp3) is 0.778. The fourth-order valence-corrected chi connectivity index (χ4v) is 4.11. The molecule has 2 heterocycles. The summed E-state index contributed by atoms with van der Waals surface area (Å²) in [7, 11) is 0. The second-order valence-electron chi connectivity index (χ2n) is 6.84. The Bertz CT molecular complexity index is 594. The SMILES string of the molecule is CCC[C@@H](C)c1nnc(NC(=O)C2CCN(C(=O)N(CC)CC)CC2)s1. The first-order valence-corrected chi connectivity index (χ1v) is 10.5. The lowest BCUT2D eigenvalue weighted by molar-refractivity contribution is -0.121. The molecule has 8 heteroatoms. The Morgan fingerprint density at radius 3 is 2.46 bits per heavy atom. The molecule has 3 amide bonds. The lowest BCUT2D eigenvalue weighted by Gasteiger charge is -2.34. The first kappa shape index (κ1) is 20.6. The molecule has 0 radical (unpaired) electrons. The third kappa shape index (κ3) is 5.16. The molecule has 1 aromatic rings. The third-order valence-corrected chi connectivity index (χ3v) is 6.05. The molecule has 0 unspecified atom stereocenters. The quantitative estimate of drug-likeness (QED) is 0.783. The number of carbonyl (C=O) groups excluding carboxylic acids is 2. The van der Waals surface area contributed by atoms with E-state index in [-0.39, 0.29) is 17.9 Å². The standard InChI is InChI=1S/C18H31N5O2S/c1-5-8-13(4)16-20-21-17(26-16)19-15(24)14-9-11-23(12-10-14)18(25)22(6-2)7-3/h13-14H,5-12H2,1-4H3,(H,19,21,24)/t13-/m1/s1. The highest BCUT2D eigenvalue weighted by molar-refractivity contribution is 7.15. The number of anilines is 1. The molecule has 1 atom stereocenters. The zero-order valence-corrected chi connectivity index (χ0v) is 17.1. The van der Waals surface area contributed by atoms with Crippen molar-refractivity contribution >= 4 is 28.4 Å². The van der Waals surface area contributed by atoms with E-state index >= 15 is 0 Å². The number of likely N-dealkylation sites (tertiary alicyclic amines) is 1. The Morgan fingerprint density at radius 2 is 1.88 bits per heavy atom. The van der Waals surface area contributed by atoms with Gasteiger partial charge in [0.15, 0.2) is 0 Å². The number of hydrogen-bond acceptors (Lipinski definition) is 5. The van der Waals surface area contributed by atoms with Crippen molar-refractivity contribution in [3.8, 4) is 0 Å². The molecule has 0 saturated carbocycles. The van der Waals surface area contributed by atoms with Crippen molar-refractivity contribution in [2.45, 2.75) is 59.3 Å². The van der Waals surface area contributed by atoms with Gasteiger partial charge in [0.25, 0.3) is 0 Å². The van der Waals surface area contributed by atoms with Gasteiger partial charge in [-0.3, -0.25) is 4.79 Å². The number of rotatable bonds is 7. The predicted molar refractivity (Wildman–Crippen MR) is 104 cm³/mol. The van der Waals surface area contributed by atoms with Crippen LogP contribution in [0.5, 0.6) is 0 Å². The average molecular weight is 382 g/mol. The molecule has 1 aliphatic heterocycles. The highest BCUT2D eigenvalue weighted by Crippen LogP contribution is 2.27. The lowest BCUT2D eigenvalue weighted by atomic mass is 9.96. The fourth-order valence-electron chi connectivity index (χ4n) is 3.28. The molecular weight excluding hydrogens is 350 g/mol. The van der Waals surface area contributed by atoms with Crippen molar-refractivity contribution in [2.24, 2.45) is 5.92 Å². The number of nitrogens with zero attached hydrogens (tertiary/aromatic N) is 4. The van der Waals surface area contributed by atoms with E-state index in [2.05, 4.69) is 29.4 Å². The minimum atomic E-state index is -0.0730. The van der Waals surface area contributed by atoms with Gasteiger partial charge in [0.05, 0.1) is 0 Å². The summed E-state index contributed by atoms with van der Waals surface area (Å²) in [4.78, 5) is 28.6.